The van der Waals surface area contributed by atoms with Crippen LogP contribution in [0.5, 0.6) is 0 Å². The molecule has 2 aliphatic rings. The van der Waals surface area contributed by atoms with Gasteiger partial charge in [-0.1, -0.05) is 29.8 Å². The number of fused-ring (bicyclic) bond motifs is 1. The number of carbonyl (C=O) groups is 4. The second-order valence-electron chi connectivity index (χ2n) is 7.39. The first-order chi connectivity index (χ1) is 14.4. The molecule has 0 unspecified atom stereocenters. The number of para-hydroxylation sites is 2. The van der Waals surface area contributed by atoms with E-state index in [1.807, 2.05) is 31.2 Å². The van der Waals surface area contributed by atoms with Gasteiger partial charge in [-0.2, -0.15) is 0 Å². The van der Waals surface area contributed by atoms with Crippen molar-refractivity contribution >= 4 is 40.8 Å². The number of amides is 3. The molecule has 0 bridgehead atoms. The fourth-order valence-electron chi connectivity index (χ4n) is 3.62. The first kappa shape index (κ1) is 19.6. The molecule has 4 rings (SSSR count). The summed E-state index contributed by atoms with van der Waals surface area (Å²) in [6.45, 7) is 1.53. The quantitative estimate of drug-likeness (QED) is 0.781. The molecule has 2 heterocycles. The molecule has 1 saturated heterocycles. The first-order valence-electron chi connectivity index (χ1n) is 9.65. The number of esters is 1. The maximum Gasteiger partial charge on any atom is 0.311 e. The van der Waals surface area contributed by atoms with Gasteiger partial charge in [-0.25, -0.2) is 0 Å². The van der Waals surface area contributed by atoms with Gasteiger partial charge in [-0.15, -0.1) is 0 Å². The van der Waals surface area contributed by atoms with E-state index in [-0.39, 0.29) is 31.3 Å². The summed E-state index contributed by atoms with van der Waals surface area (Å²) in [7, 11) is 0. The Morgan fingerprint density at radius 2 is 1.83 bits per heavy atom. The molecule has 2 aromatic rings. The van der Waals surface area contributed by atoms with E-state index in [0.29, 0.717) is 11.4 Å². The predicted octanol–water partition coefficient (Wildman–Crippen LogP) is 1.88. The van der Waals surface area contributed by atoms with Crippen molar-refractivity contribution < 1.29 is 23.9 Å². The van der Waals surface area contributed by atoms with E-state index >= 15 is 0 Å². The first-order valence-corrected chi connectivity index (χ1v) is 9.65. The van der Waals surface area contributed by atoms with Gasteiger partial charge in [-0.3, -0.25) is 24.1 Å². The van der Waals surface area contributed by atoms with Crippen molar-refractivity contribution in [3.8, 4) is 0 Å². The fraction of sp³-hybridized carbons (Fsp3) is 0.273. The summed E-state index contributed by atoms with van der Waals surface area (Å²) in [6, 6.07) is 14.4. The molecule has 0 radical (unpaired) electrons. The zero-order valence-electron chi connectivity index (χ0n) is 16.5. The van der Waals surface area contributed by atoms with Crippen molar-refractivity contribution in [2.24, 2.45) is 5.92 Å². The molecule has 2 aliphatic heterocycles. The molecule has 154 valence electrons. The third kappa shape index (κ3) is 3.89. The van der Waals surface area contributed by atoms with E-state index in [2.05, 4.69) is 5.32 Å². The van der Waals surface area contributed by atoms with Gasteiger partial charge in [0.15, 0.2) is 6.61 Å². The highest BCUT2D eigenvalue weighted by molar-refractivity contribution is 6.10. The normalized spacial score (nSPS) is 18.1. The van der Waals surface area contributed by atoms with E-state index in [9.17, 15) is 19.2 Å². The van der Waals surface area contributed by atoms with E-state index in [0.717, 1.165) is 11.3 Å². The van der Waals surface area contributed by atoms with Crippen molar-refractivity contribution in [1.29, 1.82) is 0 Å². The Labute approximate surface area is 173 Å². The van der Waals surface area contributed by atoms with Crippen LogP contribution in [0.25, 0.3) is 0 Å². The summed E-state index contributed by atoms with van der Waals surface area (Å²) >= 11 is 0. The van der Waals surface area contributed by atoms with E-state index in [4.69, 9.17) is 4.74 Å². The van der Waals surface area contributed by atoms with Gasteiger partial charge in [0.25, 0.3) is 5.91 Å². The van der Waals surface area contributed by atoms with Crippen molar-refractivity contribution in [3.05, 3.63) is 54.1 Å². The van der Waals surface area contributed by atoms with E-state index in [1.54, 1.807) is 29.2 Å². The summed E-state index contributed by atoms with van der Waals surface area (Å²) in [5.41, 5.74) is 2.89. The molecule has 1 atom stereocenters. The van der Waals surface area contributed by atoms with Crippen LogP contribution < -0.4 is 15.1 Å². The van der Waals surface area contributed by atoms with Crippen LogP contribution in [-0.4, -0.2) is 43.4 Å². The Kier molecular flexibility index (Phi) is 5.22. The summed E-state index contributed by atoms with van der Waals surface area (Å²) < 4.78 is 5.20. The number of ether oxygens (including phenoxy) is 1. The van der Waals surface area contributed by atoms with Gasteiger partial charge in [0.2, 0.25) is 11.8 Å². The van der Waals surface area contributed by atoms with Gasteiger partial charge >= 0.3 is 5.97 Å². The second-order valence-corrected chi connectivity index (χ2v) is 7.39. The number of nitrogens with zero attached hydrogens (tertiary/aromatic N) is 2. The van der Waals surface area contributed by atoms with Crippen LogP contribution in [0.3, 0.4) is 0 Å². The molecule has 2 aromatic carbocycles. The molecule has 0 aromatic heterocycles. The number of hydrogen-bond acceptors (Lipinski definition) is 5. The minimum atomic E-state index is -0.636. The zero-order valence-corrected chi connectivity index (χ0v) is 16.5. The Balaban J connectivity index is 1.37. The van der Waals surface area contributed by atoms with Gasteiger partial charge in [0.05, 0.1) is 17.3 Å². The molecular formula is C22H21N3O5. The molecule has 30 heavy (non-hydrogen) atoms. The number of benzene rings is 2. The Bertz CT molecular complexity index is 1020. The molecule has 0 aliphatic carbocycles. The van der Waals surface area contributed by atoms with Crippen molar-refractivity contribution in [1.82, 2.24) is 0 Å². The second kappa shape index (κ2) is 7.98. The van der Waals surface area contributed by atoms with Crippen molar-refractivity contribution in [3.63, 3.8) is 0 Å². The third-order valence-corrected chi connectivity index (χ3v) is 5.21. The number of carbonyl (C=O) groups excluding carboxylic acids is 4. The number of rotatable bonds is 4. The molecule has 0 saturated carbocycles. The van der Waals surface area contributed by atoms with Gasteiger partial charge in [0.1, 0.15) is 6.54 Å². The summed E-state index contributed by atoms with van der Waals surface area (Å²) in [4.78, 5) is 52.1. The highest BCUT2D eigenvalue weighted by Gasteiger charge is 2.37. The fourth-order valence-corrected chi connectivity index (χ4v) is 3.62. The van der Waals surface area contributed by atoms with Crippen LogP contribution in [-0.2, 0) is 23.9 Å². The van der Waals surface area contributed by atoms with Crippen LogP contribution in [0.15, 0.2) is 48.5 Å². The number of anilines is 3. The monoisotopic (exact) mass is 407 g/mol. The standard InChI is InChI=1S/C22H21N3O5/c1-14-6-8-16(9-7-14)24-11-15(10-20(24)27)22(29)30-13-21(28)25-12-19(26)23-17-4-2-3-5-18(17)25/h2-9,15H,10-13H2,1H3,(H,23,26)/t15-/m0/s1. The highest BCUT2D eigenvalue weighted by atomic mass is 16.5. The average molecular weight is 407 g/mol. The molecule has 8 nitrogen and oxygen atoms in total. The largest absolute Gasteiger partial charge is 0.455 e. The van der Waals surface area contributed by atoms with Crippen LogP contribution in [0.2, 0.25) is 0 Å². The Hall–Kier alpha value is -3.68. The van der Waals surface area contributed by atoms with Crippen LogP contribution in [0.4, 0.5) is 17.1 Å². The molecule has 8 heteroatoms. The molecule has 0 spiro atoms. The lowest BCUT2D eigenvalue weighted by Gasteiger charge is -2.29. The molecule has 3 amide bonds. The maximum absolute atomic E-state index is 12.6. The van der Waals surface area contributed by atoms with Gasteiger partial charge in [0, 0.05) is 18.7 Å². The number of hydrogen-bond donors (Lipinski definition) is 1. The van der Waals surface area contributed by atoms with Gasteiger partial charge in [-0.05, 0) is 31.2 Å². The summed E-state index contributed by atoms with van der Waals surface area (Å²) in [5.74, 6) is -2.20. The smallest absolute Gasteiger partial charge is 0.311 e. The molecular weight excluding hydrogens is 386 g/mol. The lowest BCUT2D eigenvalue weighted by molar-refractivity contribution is -0.151. The van der Waals surface area contributed by atoms with Crippen molar-refractivity contribution in [2.45, 2.75) is 13.3 Å². The van der Waals surface area contributed by atoms with Crippen LogP contribution in [0, 0.1) is 12.8 Å². The topological polar surface area (TPSA) is 96.0 Å². The Morgan fingerprint density at radius 3 is 2.60 bits per heavy atom. The summed E-state index contributed by atoms with van der Waals surface area (Å²) in [6.07, 6.45) is 0.0376. The minimum absolute atomic E-state index is 0.0376. The van der Waals surface area contributed by atoms with Gasteiger partial charge < -0.3 is 15.0 Å². The lowest BCUT2D eigenvalue weighted by atomic mass is 10.1. The Morgan fingerprint density at radius 1 is 1.10 bits per heavy atom. The van der Waals surface area contributed by atoms with Crippen LogP contribution in [0.1, 0.15) is 12.0 Å². The summed E-state index contributed by atoms with van der Waals surface area (Å²) in [5, 5.41) is 2.70. The van der Waals surface area contributed by atoms with Crippen molar-refractivity contribution in [2.75, 3.05) is 34.8 Å². The SMILES string of the molecule is Cc1ccc(N2C[C@@H](C(=O)OCC(=O)N3CC(=O)Nc4ccccc43)CC2=O)cc1. The third-order valence-electron chi connectivity index (χ3n) is 5.21. The zero-order chi connectivity index (χ0) is 21.3. The highest BCUT2D eigenvalue weighted by Crippen LogP contribution is 2.29. The van der Waals surface area contributed by atoms with E-state index in [1.165, 1.54) is 4.90 Å². The maximum atomic E-state index is 12.6. The lowest BCUT2D eigenvalue weighted by Crippen LogP contribution is -2.44. The number of nitrogens with one attached hydrogen (secondary N) is 1. The minimum Gasteiger partial charge on any atom is -0.455 e. The van der Waals surface area contributed by atoms with Crippen LogP contribution >= 0.6 is 0 Å². The average Bonchev–Trinajstić information content (AvgIpc) is 3.13. The number of aryl methyl sites for hydroxylation is 1. The molecule has 1 fully saturated rings. The molecule has 1 N–H and O–H groups in total. The van der Waals surface area contributed by atoms with E-state index < -0.39 is 24.4 Å². The predicted molar refractivity (Wildman–Crippen MR) is 110 cm³/mol.